The van der Waals surface area contributed by atoms with Crippen LogP contribution in [0.4, 0.5) is 5.82 Å². The Morgan fingerprint density at radius 3 is 2.95 bits per heavy atom. The van der Waals surface area contributed by atoms with Crippen molar-refractivity contribution in [2.24, 2.45) is 11.7 Å². The zero-order valence-electron chi connectivity index (χ0n) is 11.0. The van der Waals surface area contributed by atoms with Crippen LogP contribution in [0.5, 0.6) is 0 Å². The molecule has 1 aliphatic carbocycles. The summed E-state index contributed by atoms with van der Waals surface area (Å²) in [6.07, 6.45) is 7.15. The van der Waals surface area contributed by atoms with E-state index in [0.29, 0.717) is 12.4 Å². The van der Waals surface area contributed by atoms with Crippen LogP contribution >= 0.6 is 0 Å². The van der Waals surface area contributed by atoms with Gasteiger partial charge in [-0.1, -0.05) is 31.1 Å². The topological polar surface area (TPSA) is 68.0 Å². The van der Waals surface area contributed by atoms with Crippen molar-refractivity contribution in [1.82, 2.24) is 4.98 Å². The summed E-state index contributed by atoms with van der Waals surface area (Å²) in [5.74, 6) is 6.50. The highest BCUT2D eigenvalue weighted by molar-refractivity contribution is 5.91. The summed E-state index contributed by atoms with van der Waals surface area (Å²) >= 11 is 0. The van der Waals surface area contributed by atoms with Crippen LogP contribution in [0.15, 0.2) is 18.3 Å². The first kappa shape index (κ1) is 13.6. The zero-order chi connectivity index (χ0) is 13.5. The molecule has 4 nitrogen and oxygen atoms in total. The number of hydrogen-bond acceptors (Lipinski definition) is 3. The minimum absolute atomic E-state index is 0.0798. The van der Waals surface area contributed by atoms with Gasteiger partial charge in [-0.15, -0.1) is 0 Å². The molecule has 1 amide bonds. The molecule has 100 valence electrons. The average molecular weight is 257 g/mol. The van der Waals surface area contributed by atoms with Gasteiger partial charge in [-0.3, -0.25) is 4.79 Å². The highest BCUT2D eigenvalue weighted by atomic mass is 16.1. The standard InChI is InChI=1S/C15H19N3O/c16-9-4-5-12-8-10-17-14(11-12)18-15(19)13-6-2-1-3-7-13/h8,10-11,13H,1-3,6-7,9,16H2,(H,17,18,19). The molecule has 1 fully saturated rings. The van der Waals surface area contributed by atoms with Crippen molar-refractivity contribution in [2.45, 2.75) is 32.1 Å². The minimum Gasteiger partial charge on any atom is -0.320 e. The molecule has 1 saturated carbocycles. The Kier molecular flexibility index (Phi) is 4.93. The first-order valence-corrected chi connectivity index (χ1v) is 6.75. The molecular weight excluding hydrogens is 238 g/mol. The first-order valence-electron chi connectivity index (χ1n) is 6.75. The minimum atomic E-state index is 0.0798. The van der Waals surface area contributed by atoms with Gasteiger partial charge in [0, 0.05) is 17.7 Å². The predicted octanol–water partition coefficient (Wildman–Crippen LogP) is 1.91. The van der Waals surface area contributed by atoms with Gasteiger partial charge in [0.15, 0.2) is 0 Å². The van der Waals surface area contributed by atoms with Crippen molar-refractivity contribution in [3.05, 3.63) is 23.9 Å². The highest BCUT2D eigenvalue weighted by Crippen LogP contribution is 2.24. The van der Waals surface area contributed by atoms with E-state index < -0.39 is 0 Å². The van der Waals surface area contributed by atoms with E-state index in [4.69, 9.17) is 5.73 Å². The van der Waals surface area contributed by atoms with E-state index >= 15 is 0 Å². The summed E-state index contributed by atoms with van der Waals surface area (Å²) in [5.41, 5.74) is 6.15. The van der Waals surface area contributed by atoms with Crippen LogP contribution in [0, 0.1) is 17.8 Å². The van der Waals surface area contributed by atoms with Crippen LogP contribution in [0.25, 0.3) is 0 Å². The van der Waals surface area contributed by atoms with Crippen LogP contribution < -0.4 is 11.1 Å². The Labute approximate surface area is 113 Å². The van der Waals surface area contributed by atoms with Gasteiger partial charge in [-0.25, -0.2) is 4.98 Å². The molecule has 0 aromatic carbocycles. The van der Waals surface area contributed by atoms with Gasteiger partial charge in [0.2, 0.25) is 5.91 Å². The van der Waals surface area contributed by atoms with Crippen LogP contribution in [0.2, 0.25) is 0 Å². The molecule has 2 rings (SSSR count). The third-order valence-electron chi connectivity index (χ3n) is 3.32. The molecule has 0 aliphatic heterocycles. The summed E-state index contributed by atoms with van der Waals surface area (Å²) in [6.45, 7) is 0.325. The van der Waals surface area contributed by atoms with Crippen molar-refractivity contribution in [2.75, 3.05) is 11.9 Å². The molecule has 19 heavy (non-hydrogen) atoms. The first-order chi connectivity index (χ1) is 9.29. The molecule has 3 N–H and O–H groups in total. The number of nitrogens with one attached hydrogen (secondary N) is 1. The van der Waals surface area contributed by atoms with Crippen LogP contribution in [-0.2, 0) is 4.79 Å². The summed E-state index contributed by atoms with van der Waals surface area (Å²) < 4.78 is 0. The van der Waals surface area contributed by atoms with Gasteiger partial charge in [-0.2, -0.15) is 0 Å². The number of anilines is 1. The van der Waals surface area contributed by atoms with Gasteiger partial charge < -0.3 is 11.1 Å². The monoisotopic (exact) mass is 257 g/mol. The van der Waals surface area contributed by atoms with E-state index in [9.17, 15) is 4.79 Å². The van der Waals surface area contributed by atoms with Crippen LogP contribution in [0.1, 0.15) is 37.7 Å². The fourth-order valence-electron chi connectivity index (χ4n) is 2.32. The molecule has 1 aromatic rings. The fourth-order valence-corrected chi connectivity index (χ4v) is 2.32. The molecule has 0 saturated heterocycles. The number of amides is 1. The second-order valence-electron chi connectivity index (χ2n) is 4.76. The molecule has 0 radical (unpaired) electrons. The number of rotatable bonds is 2. The maximum absolute atomic E-state index is 12.1. The summed E-state index contributed by atoms with van der Waals surface area (Å²) in [7, 11) is 0. The maximum Gasteiger partial charge on any atom is 0.228 e. The molecule has 1 aliphatic rings. The SMILES string of the molecule is NCC#Cc1ccnc(NC(=O)C2CCCCC2)c1. The Morgan fingerprint density at radius 2 is 2.21 bits per heavy atom. The number of nitrogens with two attached hydrogens (primary N) is 1. The molecule has 0 atom stereocenters. The summed E-state index contributed by atoms with van der Waals surface area (Å²) in [5, 5.41) is 2.88. The van der Waals surface area contributed by atoms with E-state index in [-0.39, 0.29) is 11.8 Å². The number of pyridine rings is 1. The van der Waals surface area contributed by atoms with E-state index in [2.05, 4.69) is 22.1 Å². The summed E-state index contributed by atoms with van der Waals surface area (Å²) in [6, 6.07) is 3.59. The molecule has 1 heterocycles. The zero-order valence-corrected chi connectivity index (χ0v) is 11.0. The van der Waals surface area contributed by atoms with Crippen molar-refractivity contribution < 1.29 is 4.79 Å². The lowest BCUT2D eigenvalue weighted by molar-refractivity contribution is -0.120. The van der Waals surface area contributed by atoms with Crippen molar-refractivity contribution in [3.8, 4) is 11.8 Å². The van der Waals surface area contributed by atoms with Crippen LogP contribution in [0.3, 0.4) is 0 Å². The van der Waals surface area contributed by atoms with Crippen molar-refractivity contribution in [1.29, 1.82) is 0 Å². The third kappa shape index (κ3) is 4.08. The van der Waals surface area contributed by atoms with Gasteiger partial charge in [-0.05, 0) is 25.0 Å². The normalized spacial score (nSPS) is 15.4. The lowest BCUT2D eigenvalue weighted by Crippen LogP contribution is -2.25. The molecule has 0 bridgehead atoms. The second kappa shape index (κ2) is 6.91. The van der Waals surface area contributed by atoms with Crippen molar-refractivity contribution in [3.63, 3.8) is 0 Å². The average Bonchev–Trinajstić information content (AvgIpc) is 2.46. The lowest BCUT2D eigenvalue weighted by Gasteiger charge is -2.20. The third-order valence-corrected chi connectivity index (χ3v) is 3.32. The largest absolute Gasteiger partial charge is 0.320 e. The van der Waals surface area contributed by atoms with Gasteiger partial charge in [0.1, 0.15) is 5.82 Å². The van der Waals surface area contributed by atoms with Gasteiger partial charge >= 0.3 is 0 Å². The van der Waals surface area contributed by atoms with Crippen molar-refractivity contribution >= 4 is 11.7 Å². The molecule has 0 spiro atoms. The Bertz CT molecular complexity index is 496. The maximum atomic E-state index is 12.1. The van der Waals surface area contributed by atoms with E-state index in [1.165, 1.54) is 6.42 Å². The van der Waals surface area contributed by atoms with Gasteiger partial charge in [0.25, 0.3) is 0 Å². The molecule has 1 aromatic heterocycles. The Hall–Kier alpha value is -1.86. The summed E-state index contributed by atoms with van der Waals surface area (Å²) in [4.78, 5) is 16.2. The molecule has 4 heteroatoms. The lowest BCUT2D eigenvalue weighted by atomic mass is 9.89. The molecule has 0 unspecified atom stereocenters. The number of aromatic nitrogens is 1. The number of carbonyl (C=O) groups excluding carboxylic acids is 1. The van der Waals surface area contributed by atoms with E-state index in [1.807, 2.05) is 0 Å². The van der Waals surface area contributed by atoms with E-state index in [0.717, 1.165) is 31.2 Å². The quantitative estimate of drug-likeness (QED) is 0.795. The second-order valence-corrected chi connectivity index (χ2v) is 4.76. The Balaban J connectivity index is 1.99. The van der Waals surface area contributed by atoms with Crippen LogP contribution in [-0.4, -0.2) is 17.4 Å². The fraction of sp³-hybridized carbons (Fsp3) is 0.467. The van der Waals surface area contributed by atoms with E-state index in [1.54, 1.807) is 18.3 Å². The van der Waals surface area contributed by atoms with Gasteiger partial charge in [0.05, 0.1) is 6.54 Å². The molecular formula is C15H19N3O. The number of carbonyl (C=O) groups is 1. The smallest absolute Gasteiger partial charge is 0.228 e. The number of hydrogen-bond donors (Lipinski definition) is 2. The predicted molar refractivity (Wildman–Crippen MR) is 75.4 cm³/mol. The highest BCUT2D eigenvalue weighted by Gasteiger charge is 2.21. The Morgan fingerprint density at radius 1 is 1.42 bits per heavy atom. The number of nitrogens with zero attached hydrogens (tertiary/aromatic N) is 1.